The highest BCUT2D eigenvalue weighted by Crippen LogP contribution is 2.37. The fourth-order valence-corrected chi connectivity index (χ4v) is 2.86. The lowest BCUT2D eigenvalue weighted by molar-refractivity contribution is -0.110. The van der Waals surface area contributed by atoms with Crippen LogP contribution in [0.2, 0.25) is 0 Å². The maximum absolute atomic E-state index is 5.87. The molecule has 2 rings (SSSR count). The zero-order valence-electron chi connectivity index (χ0n) is 11.9. The molecule has 0 aliphatic carbocycles. The lowest BCUT2D eigenvalue weighted by Crippen LogP contribution is -2.48. The Morgan fingerprint density at radius 1 is 1.16 bits per heavy atom. The molecule has 1 saturated heterocycles. The third-order valence-corrected chi connectivity index (χ3v) is 4.01. The molecule has 1 aromatic rings. The average Bonchev–Trinajstić information content (AvgIpc) is 2.49. The normalized spacial score (nSPS) is 19.9. The summed E-state index contributed by atoms with van der Waals surface area (Å²) >= 11 is 0. The number of nitrogens with one attached hydrogen (secondary N) is 1. The summed E-state index contributed by atoms with van der Waals surface area (Å²) in [5.74, 6) is 0.872. The van der Waals surface area contributed by atoms with Crippen molar-refractivity contribution in [3.8, 4) is 5.75 Å². The molecule has 0 spiro atoms. The molecule has 0 saturated carbocycles. The summed E-state index contributed by atoms with van der Waals surface area (Å²) in [5, 5.41) is 3.40. The van der Waals surface area contributed by atoms with Crippen LogP contribution in [0, 0.1) is 0 Å². The molecule has 1 aliphatic rings. The van der Waals surface area contributed by atoms with Gasteiger partial charge in [-0.25, -0.2) is 0 Å². The van der Waals surface area contributed by atoms with Gasteiger partial charge < -0.3 is 19.5 Å². The molecule has 0 bridgehead atoms. The van der Waals surface area contributed by atoms with Gasteiger partial charge in [-0.3, -0.25) is 0 Å². The van der Waals surface area contributed by atoms with Gasteiger partial charge in [-0.15, -0.1) is 0 Å². The van der Waals surface area contributed by atoms with Crippen LogP contribution in [0.3, 0.4) is 0 Å². The van der Waals surface area contributed by atoms with E-state index in [9.17, 15) is 0 Å². The summed E-state index contributed by atoms with van der Waals surface area (Å²) in [6.45, 7) is 1.50. The van der Waals surface area contributed by atoms with Crippen molar-refractivity contribution in [2.24, 2.45) is 0 Å². The molecule has 4 nitrogen and oxygen atoms in total. The zero-order chi connectivity index (χ0) is 13.7. The molecular weight excluding hydrogens is 242 g/mol. The molecule has 1 atom stereocenters. The van der Waals surface area contributed by atoms with Gasteiger partial charge in [0.2, 0.25) is 0 Å². The predicted octanol–water partition coefficient (Wildman–Crippen LogP) is 2.15. The molecule has 0 aromatic heterocycles. The molecule has 106 valence electrons. The van der Waals surface area contributed by atoms with E-state index >= 15 is 0 Å². The first kappa shape index (κ1) is 14.3. The van der Waals surface area contributed by atoms with Crippen LogP contribution in [0.5, 0.6) is 5.75 Å². The summed E-state index contributed by atoms with van der Waals surface area (Å²) in [6, 6.07) is 8.32. The maximum Gasteiger partial charge on any atom is 0.118 e. The van der Waals surface area contributed by atoms with E-state index < -0.39 is 0 Å². The zero-order valence-corrected chi connectivity index (χ0v) is 11.9. The van der Waals surface area contributed by atoms with Crippen molar-refractivity contribution in [3.05, 3.63) is 29.8 Å². The van der Waals surface area contributed by atoms with Crippen LogP contribution < -0.4 is 10.1 Å². The molecule has 4 heteroatoms. The minimum atomic E-state index is -0.193. The number of ether oxygens (including phenoxy) is 3. The average molecular weight is 265 g/mol. The lowest BCUT2D eigenvalue weighted by atomic mass is 9.82. The van der Waals surface area contributed by atoms with E-state index in [2.05, 4.69) is 17.4 Å². The fourth-order valence-electron chi connectivity index (χ4n) is 2.86. The van der Waals surface area contributed by atoms with E-state index in [1.54, 1.807) is 14.2 Å². The highest BCUT2D eigenvalue weighted by Gasteiger charge is 2.40. The number of hydrogen-bond donors (Lipinski definition) is 1. The maximum atomic E-state index is 5.87. The van der Waals surface area contributed by atoms with Crippen molar-refractivity contribution in [2.75, 3.05) is 34.5 Å². The van der Waals surface area contributed by atoms with E-state index in [1.807, 2.05) is 19.2 Å². The summed E-state index contributed by atoms with van der Waals surface area (Å²) in [6.07, 6.45) is 1.81. The third kappa shape index (κ3) is 2.91. The SMILES string of the molecule is CNC(c1ccc(OC)cc1)C1(OC)CCOCC1. The molecule has 1 aromatic carbocycles. The van der Waals surface area contributed by atoms with Crippen LogP contribution in [0.1, 0.15) is 24.4 Å². The molecule has 0 radical (unpaired) electrons. The second-order valence-corrected chi connectivity index (χ2v) is 4.88. The van der Waals surface area contributed by atoms with Crippen molar-refractivity contribution in [1.82, 2.24) is 5.32 Å². The second-order valence-electron chi connectivity index (χ2n) is 4.88. The van der Waals surface area contributed by atoms with Crippen LogP contribution in [-0.4, -0.2) is 40.1 Å². The molecule has 1 aliphatic heterocycles. The molecule has 1 N–H and O–H groups in total. The van der Waals surface area contributed by atoms with Crippen LogP contribution in [0.4, 0.5) is 0 Å². The molecular formula is C15H23NO3. The Kier molecular flexibility index (Phi) is 4.80. The smallest absolute Gasteiger partial charge is 0.118 e. The van der Waals surface area contributed by atoms with Gasteiger partial charge in [-0.05, 0) is 24.7 Å². The van der Waals surface area contributed by atoms with E-state index in [-0.39, 0.29) is 11.6 Å². The number of methoxy groups -OCH3 is 2. The van der Waals surface area contributed by atoms with Gasteiger partial charge in [0.05, 0.1) is 18.8 Å². The number of rotatable bonds is 5. The highest BCUT2D eigenvalue weighted by atomic mass is 16.5. The van der Waals surface area contributed by atoms with Gasteiger partial charge in [-0.1, -0.05) is 12.1 Å². The van der Waals surface area contributed by atoms with Gasteiger partial charge in [0.1, 0.15) is 5.75 Å². The Hall–Kier alpha value is -1.10. The Balaban J connectivity index is 2.25. The number of hydrogen-bond acceptors (Lipinski definition) is 4. The van der Waals surface area contributed by atoms with Crippen molar-refractivity contribution >= 4 is 0 Å². The Labute approximate surface area is 115 Å². The summed E-state index contributed by atoms with van der Waals surface area (Å²) in [4.78, 5) is 0. The van der Waals surface area contributed by atoms with Crippen molar-refractivity contribution in [2.45, 2.75) is 24.5 Å². The number of likely N-dealkylation sites (N-methyl/N-ethyl adjacent to an activating group) is 1. The molecule has 0 amide bonds. The number of benzene rings is 1. The standard InChI is InChI=1S/C15H23NO3/c1-16-14(12-4-6-13(17-2)7-5-12)15(18-3)8-10-19-11-9-15/h4-7,14,16H,8-11H2,1-3H3. The van der Waals surface area contributed by atoms with Gasteiger partial charge in [0, 0.05) is 33.2 Å². The van der Waals surface area contributed by atoms with E-state index in [1.165, 1.54) is 5.56 Å². The summed E-state index contributed by atoms with van der Waals surface area (Å²) < 4.78 is 16.5. The largest absolute Gasteiger partial charge is 0.497 e. The first-order valence-corrected chi connectivity index (χ1v) is 6.70. The molecule has 19 heavy (non-hydrogen) atoms. The Morgan fingerprint density at radius 3 is 2.26 bits per heavy atom. The minimum absolute atomic E-state index is 0.160. The lowest BCUT2D eigenvalue weighted by Gasteiger charge is -2.42. The van der Waals surface area contributed by atoms with Crippen molar-refractivity contribution < 1.29 is 14.2 Å². The van der Waals surface area contributed by atoms with Crippen LogP contribution in [-0.2, 0) is 9.47 Å². The molecule has 1 unspecified atom stereocenters. The van der Waals surface area contributed by atoms with E-state index in [4.69, 9.17) is 14.2 Å². The van der Waals surface area contributed by atoms with Gasteiger partial charge in [-0.2, -0.15) is 0 Å². The molecule has 1 fully saturated rings. The predicted molar refractivity (Wildman–Crippen MR) is 74.6 cm³/mol. The highest BCUT2D eigenvalue weighted by molar-refractivity contribution is 5.30. The van der Waals surface area contributed by atoms with Gasteiger partial charge >= 0.3 is 0 Å². The second kappa shape index (κ2) is 6.37. The first-order valence-electron chi connectivity index (χ1n) is 6.70. The topological polar surface area (TPSA) is 39.7 Å². The van der Waals surface area contributed by atoms with Crippen molar-refractivity contribution in [1.29, 1.82) is 0 Å². The summed E-state index contributed by atoms with van der Waals surface area (Å²) in [7, 11) is 5.45. The van der Waals surface area contributed by atoms with Crippen LogP contribution >= 0.6 is 0 Å². The van der Waals surface area contributed by atoms with Gasteiger partial charge in [0.25, 0.3) is 0 Å². The molecule has 1 heterocycles. The van der Waals surface area contributed by atoms with E-state index in [0.29, 0.717) is 0 Å². The quantitative estimate of drug-likeness (QED) is 0.885. The Bertz CT molecular complexity index is 385. The first-order chi connectivity index (χ1) is 9.25. The van der Waals surface area contributed by atoms with E-state index in [0.717, 1.165) is 31.8 Å². The van der Waals surface area contributed by atoms with Crippen molar-refractivity contribution in [3.63, 3.8) is 0 Å². The Morgan fingerprint density at radius 2 is 1.79 bits per heavy atom. The summed E-state index contributed by atoms with van der Waals surface area (Å²) in [5.41, 5.74) is 1.02. The fraction of sp³-hybridized carbons (Fsp3) is 0.600. The van der Waals surface area contributed by atoms with Crippen LogP contribution in [0.25, 0.3) is 0 Å². The monoisotopic (exact) mass is 265 g/mol. The minimum Gasteiger partial charge on any atom is -0.497 e. The third-order valence-electron chi connectivity index (χ3n) is 4.01. The van der Waals surface area contributed by atoms with Crippen LogP contribution in [0.15, 0.2) is 24.3 Å². The van der Waals surface area contributed by atoms with Gasteiger partial charge in [0.15, 0.2) is 0 Å².